The number of nitrogens with zero attached hydrogens (tertiary/aromatic N) is 1. The SMILES string of the molecule is COc1ccc(CCC2=C(C)C(=O)C(F)C(c3cccnc3)=C2)cc1. The highest BCUT2D eigenvalue weighted by atomic mass is 19.1. The van der Waals surface area contributed by atoms with Crippen LogP contribution in [0.1, 0.15) is 24.5 Å². The lowest BCUT2D eigenvalue weighted by Crippen LogP contribution is -2.23. The van der Waals surface area contributed by atoms with Gasteiger partial charge < -0.3 is 4.74 Å². The second-order valence-electron chi connectivity index (χ2n) is 6.07. The van der Waals surface area contributed by atoms with Crippen molar-refractivity contribution in [3.63, 3.8) is 0 Å². The van der Waals surface area contributed by atoms with Crippen LogP contribution in [-0.4, -0.2) is 24.0 Å². The molecule has 1 aromatic heterocycles. The highest BCUT2D eigenvalue weighted by molar-refractivity contribution is 6.09. The molecular weight excluding hydrogens is 317 g/mol. The van der Waals surface area contributed by atoms with Crippen molar-refractivity contribution >= 4 is 11.4 Å². The van der Waals surface area contributed by atoms with E-state index in [0.717, 1.165) is 23.3 Å². The Hall–Kier alpha value is -2.75. The largest absolute Gasteiger partial charge is 0.497 e. The maximum absolute atomic E-state index is 14.5. The summed E-state index contributed by atoms with van der Waals surface area (Å²) in [5, 5.41) is 0. The van der Waals surface area contributed by atoms with Gasteiger partial charge in [0.15, 0.2) is 12.0 Å². The first-order valence-corrected chi connectivity index (χ1v) is 8.23. The molecule has 4 heteroatoms. The van der Waals surface area contributed by atoms with Gasteiger partial charge in [-0.3, -0.25) is 9.78 Å². The molecular formula is C21H20FNO2. The van der Waals surface area contributed by atoms with E-state index >= 15 is 0 Å². The summed E-state index contributed by atoms with van der Waals surface area (Å²) in [6, 6.07) is 11.4. The van der Waals surface area contributed by atoms with Gasteiger partial charge in [0.25, 0.3) is 0 Å². The van der Waals surface area contributed by atoms with Crippen LogP contribution in [0.15, 0.2) is 66.0 Å². The lowest BCUT2D eigenvalue weighted by molar-refractivity contribution is -0.118. The average Bonchev–Trinajstić information content (AvgIpc) is 2.67. The van der Waals surface area contributed by atoms with Crippen molar-refractivity contribution in [3.05, 3.63) is 77.1 Å². The highest BCUT2D eigenvalue weighted by Crippen LogP contribution is 2.32. The van der Waals surface area contributed by atoms with Crippen LogP contribution in [-0.2, 0) is 11.2 Å². The van der Waals surface area contributed by atoms with Crippen LogP contribution < -0.4 is 4.74 Å². The van der Waals surface area contributed by atoms with Crippen molar-refractivity contribution in [2.24, 2.45) is 0 Å². The van der Waals surface area contributed by atoms with Gasteiger partial charge >= 0.3 is 0 Å². The summed E-state index contributed by atoms with van der Waals surface area (Å²) in [4.78, 5) is 16.3. The average molecular weight is 337 g/mol. The number of hydrogen-bond acceptors (Lipinski definition) is 3. The monoisotopic (exact) mass is 337 g/mol. The number of methoxy groups -OCH3 is 1. The molecule has 1 aromatic carbocycles. The third-order valence-electron chi connectivity index (χ3n) is 4.52. The molecule has 128 valence electrons. The van der Waals surface area contributed by atoms with Gasteiger partial charge in [0.1, 0.15) is 5.75 Å². The highest BCUT2D eigenvalue weighted by Gasteiger charge is 2.30. The summed E-state index contributed by atoms with van der Waals surface area (Å²) in [5.74, 6) is 0.358. The predicted octanol–water partition coefficient (Wildman–Crippen LogP) is 4.34. The zero-order chi connectivity index (χ0) is 17.8. The Morgan fingerprint density at radius 3 is 2.56 bits per heavy atom. The number of aryl methyl sites for hydroxylation is 1. The zero-order valence-electron chi connectivity index (χ0n) is 14.3. The van der Waals surface area contributed by atoms with E-state index in [1.807, 2.05) is 30.3 Å². The van der Waals surface area contributed by atoms with Gasteiger partial charge in [-0.25, -0.2) is 4.39 Å². The molecule has 0 saturated carbocycles. The van der Waals surface area contributed by atoms with Gasteiger partial charge in [-0.05, 0) is 60.2 Å². The molecule has 3 rings (SSSR count). The van der Waals surface area contributed by atoms with Crippen molar-refractivity contribution in [1.29, 1.82) is 0 Å². The number of benzene rings is 1. The van der Waals surface area contributed by atoms with Gasteiger partial charge in [0.05, 0.1) is 7.11 Å². The molecule has 1 heterocycles. The summed E-state index contributed by atoms with van der Waals surface area (Å²) in [6.07, 6.45) is 4.87. The number of hydrogen-bond donors (Lipinski definition) is 0. The molecule has 0 N–H and O–H groups in total. The summed E-state index contributed by atoms with van der Waals surface area (Å²) in [6.45, 7) is 1.70. The lowest BCUT2D eigenvalue weighted by Gasteiger charge is -2.21. The summed E-state index contributed by atoms with van der Waals surface area (Å²) in [7, 11) is 1.63. The number of Topliss-reactive ketones (excluding diaryl/α,β-unsaturated/α-hetero) is 1. The number of alkyl halides is 1. The first-order valence-electron chi connectivity index (χ1n) is 8.23. The standard InChI is InChI=1S/C21H20FNO2/c1-14-16(8-5-15-6-9-18(25-2)10-7-15)12-19(20(22)21(14)24)17-4-3-11-23-13-17/h3-4,6-7,9-13,20H,5,8H2,1-2H3. The van der Waals surface area contributed by atoms with Crippen LogP contribution in [0, 0.1) is 0 Å². The second kappa shape index (κ2) is 7.43. The summed E-state index contributed by atoms with van der Waals surface area (Å²) in [5.41, 5.74) is 3.58. The molecule has 0 amide bonds. The van der Waals surface area contributed by atoms with Crippen LogP contribution in [0.2, 0.25) is 0 Å². The predicted molar refractivity (Wildman–Crippen MR) is 96.1 cm³/mol. The molecule has 0 fully saturated rings. The Bertz CT molecular complexity index is 823. The quantitative estimate of drug-likeness (QED) is 0.814. The minimum atomic E-state index is -1.62. The topological polar surface area (TPSA) is 39.2 Å². The normalized spacial score (nSPS) is 17.5. The van der Waals surface area contributed by atoms with E-state index in [-0.39, 0.29) is 0 Å². The molecule has 1 aliphatic rings. The fourth-order valence-electron chi connectivity index (χ4n) is 2.95. The number of ether oxygens (including phenoxy) is 1. The van der Waals surface area contributed by atoms with Crippen LogP contribution in [0.5, 0.6) is 5.75 Å². The fraction of sp³-hybridized carbons (Fsp3) is 0.238. The van der Waals surface area contributed by atoms with Gasteiger partial charge in [0.2, 0.25) is 0 Å². The summed E-state index contributed by atoms with van der Waals surface area (Å²) >= 11 is 0. The zero-order valence-corrected chi connectivity index (χ0v) is 14.3. The number of ketones is 1. The van der Waals surface area contributed by atoms with Crippen LogP contribution in [0.25, 0.3) is 5.57 Å². The molecule has 1 aliphatic carbocycles. The molecule has 0 aliphatic heterocycles. The molecule has 0 radical (unpaired) electrons. The minimum absolute atomic E-state index is 0.397. The van der Waals surface area contributed by atoms with Gasteiger partial charge in [0, 0.05) is 18.0 Å². The van der Waals surface area contributed by atoms with E-state index < -0.39 is 12.0 Å². The number of rotatable bonds is 5. The molecule has 25 heavy (non-hydrogen) atoms. The molecule has 2 aromatic rings. The molecule has 1 unspecified atom stereocenters. The van der Waals surface area contributed by atoms with E-state index in [1.165, 1.54) is 0 Å². The van der Waals surface area contributed by atoms with E-state index in [1.54, 1.807) is 38.6 Å². The van der Waals surface area contributed by atoms with E-state index in [9.17, 15) is 9.18 Å². The number of aromatic nitrogens is 1. The summed E-state index contributed by atoms with van der Waals surface area (Å²) < 4.78 is 19.7. The first-order chi connectivity index (χ1) is 12.1. The Labute approximate surface area is 146 Å². The molecule has 1 atom stereocenters. The van der Waals surface area contributed by atoms with Crippen molar-refractivity contribution < 1.29 is 13.9 Å². The minimum Gasteiger partial charge on any atom is -0.497 e. The Morgan fingerprint density at radius 1 is 1.16 bits per heavy atom. The number of carbonyl (C=O) groups excluding carboxylic acids is 1. The van der Waals surface area contributed by atoms with Gasteiger partial charge in [-0.15, -0.1) is 0 Å². The Kier molecular flexibility index (Phi) is 5.08. The molecule has 0 spiro atoms. The van der Waals surface area contributed by atoms with Crippen molar-refractivity contribution in [2.75, 3.05) is 7.11 Å². The number of pyridine rings is 1. The fourth-order valence-corrected chi connectivity index (χ4v) is 2.95. The van der Waals surface area contributed by atoms with E-state index in [4.69, 9.17) is 4.74 Å². The number of carbonyl (C=O) groups is 1. The van der Waals surface area contributed by atoms with Crippen molar-refractivity contribution in [2.45, 2.75) is 25.9 Å². The maximum atomic E-state index is 14.5. The molecule has 0 bridgehead atoms. The van der Waals surface area contributed by atoms with Gasteiger partial charge in [-0.2, -0.15) is 0 Å². The van der Waals surface area contributed by atoms with Crippen molar-refractivity contribution in [1.82, 2.24) is 4.98 Å². The maximum Gasteiger partial charge on any atom is 0.197 e. The van der Waals surface area contributed by atoms with Gasteiger partial charge in [-0.1, -0.05) is 24.3 Å². The Balaban J connectivity index is 1.83. The van der Waals surface area contributed by atoms with E-state index in [0.29, 0.717) is 23.1 Å². The second-order valence-corrected chi connectivity index (χ2v) is 6.07. The van der Waals surface area contributed by atoms with Crippen LogP contribution in [0.3, 0.4) is 0 Å². The number of allylic oxidation sites excluding steroid dienone is 4. The van der Waals surface area contributed by atoms with Crippen LogP contribution in [0.4, 0.5) is 4.39 Å². The molecule has 3 nitrogen and oxygen atoms in total. The molecule has 0 saturated heterocycles. The third-order valence-corrected chi connectivity index (χ3v) is 4.52. The lowest BCUT2D eigenvalue weighted by atomic mass is 9.85. The third kappa shape index (κ3) is 3.68. The first kappa shape index (κ1) is 17.1. The Morgan fingerprint density at radius 2 is 1.92 bits per heavy atom. The van der Waals surface area contributed by atoms with Crippen molar-refractivity contribution in [3.8, 4) is 5.75 Å². The van der Waals surface area contributed by atoms with E-state index in [2.05, 4.69) is 4.98 Å². The smallest absolute Gasteiger partial charge is 0.197 e. The number of halogens is 1. The van der Waals surface area contributed by atoms with Crippen LogP contribution >= 0.6 is 0 Å².